The lowest BCUT2D eigenvalue weighted by Gasteiger charge is -2.05. The van der Waals surface area contributed by atoms with Crippen LogP contribution in [0.4, 0.5) is 0 Å². The maximum atomic E-state index is 12.1. The topological polar surface area (TPSA) is 98.2 Å². The Kier molecular flexibility index (Phi) is 5.33. The van der Waals surface area contributed by atoms with Crippen molar-refractivity contribution >= 4 is 18.0 Å². The van der Waals surface area contributed by atoms with Crippen molar-refractivity contribution in [1.82, 2.24) is 10.7 Å². The molecule has 0 aromatic heterocycles. The van der Waals surface area contributed by atoms with Gasteiger partial charge in [-0.25, -0.2) is 5.43 Å². The average Bonchev–Trinajstić information content (AvgIpc) is 3.14. The highest BCUT2D eigenvalue weighted by Crippen LogP contribution is 2.32. The van der Waals surface area contributed by atoms with Crippen LogP contribution in [-0.2, 0) is 4.79 Å². The number of rotatable bonds is 6. The highest BCUT2D eigenvalue weighted by molar-refractivity contribution is 5.97. The molecule has 1 aliphatic heterocycles. The molecule has 0 spiro atoms. The third-order valence-corrected chi connectivity index (χ3v) is 3.58. The predicted molar refractivity (Wildman–Crippen MR) is 93.6 cm³/mol. The van der Waals surface area contributed by atoms with Gasteiger partial charge in [0, 0.05) is 11.1 Å². The van der Waals surface area contributed by atoms with Crippen LogP contribution in [0.15, 0.2) is 47.6 Å². The van der Waals surface area contributed by atoms with Gasteiger partial charge < -0.3 is 19.5 Å². The molecule has 0 radical (unpaired) electrons. The van der Waals surface area contributed by atoms with E-state index in [1.165, 1.54) is 6.21 Å². The van der Waals surface area contributed by atoms with Gasteiger partial charge in [0.05, 0.1) is 19.9 Å². The summed E-state index contributed by atoms with van der Waals surface area (Å²) >= 11 is 0. The van der Waals surface area contributed by atoms with E-state index in [0.29, 0.717) is 22.8 Å². The third-order valence-electron chi connectivity index (χ3n) is 3.58. The molecule has 1 heterocycles. The van der Waals surface area contributed by atoms with Gasteiger partial charge in [-0.2, -0.15) is 5.10 Å². The zero-order chi connectivity index (χ0) is 18.4. The number of benzene rings is 2. The number of nitrogens with one attached hydrogen (secondary N) is 2. The van der Waals surface area contributed by atoms with Crippen molar-refractivity contribution in [2.45, 2.75) is 0 Å². The minimum atomic E-state index is -0.453. The number of para-hydroxylation sites is 1. The van der Waals surface area contributed by atoms with Crippen molar-refractivity contribution in [1.29, 1.82) is 0 Å². The summed E-state index contributed by atoms with van der Waals surface area (Å²) in [7, 11) is 1.55. The number of ether oxygens (including phenoxy) is 3. The number of fused-ring (bicyclic) bond motifs is 1. The van der Waals surface area contributed by atoms with Crippen LogP contribution in [0.2, 0.25) is 0 Å². The van der Waals surface area contributed by atoms with Crippen LogP contribution in [-0.4, -0.2) is 38.5 Å². The van der Waals surface area contributed by atoms with Gasteiger partial charge in [0.1, 0.15) is 5.75 Å². The molecule has 8 nitrogen and oxygen atoms in total. The van der Waals surface area contributed by atoms with E-state index >= 15 is 0 Å². The number of carbonyl (C=O) groups is 2. The van der Waals surface area contributed by atoms with E-state index in [1.54, 1.807) is 37.4 Å². The van der Waals surface area contributed by atoms with E-state index < -0.39 is 11.8 Å². The molecule has 26 heavy (non-hydrogen) atoms. The van der Waals surface area contributed by atoms with Crippen molar-refractivity contribution < 1.29 is 23.8 Å². The van der Waals surface area contributed by atoms with Gasteiger partial charge in [-0.05, 0) is 30.3 Å². The molecule has 0 aliphatic carbocycles. The second-order valence-electron chi connectivity index (χ2n) is 5.29. The fraction of sp³-hybridized carbons (Fsp3) is 0.167. The molecule has 8 heteroatoms. The van der Waals surface area contributed by atoms with Crippen LogP contribution in [0, 0.1) is 0 Å². The summed E-state index contributed by atoms with van der Waals surface area (Å²) in [6.45, 7) is -0.0798. The quantitative estimate of drug-likeness (QED) is 0.601. The Bertz CT molecular complexity index is 850. The smallest absolute Gasteiger partial charge is 0.259 e. The largest absolute Gasteiger partial charge is 0.496 e. The van der Waals surface area contributed by atoms with E-state index in [4.69, 9.17) is 14.2 Å². The van der Waals surface area contributed by atoms with Gasteiger partial charge in [-0.1, -0.05) is 12.1 Å². The first-order valence-electron chi connectivity index (χ1n) is 7.80. The van der Waals surface area contributed by atoms with Crippen molar-refractivity contribution in [2.24, 2.45) is 5.10 Å². The lowest BCUT2D eigenvalue weighted by Crippen LogP contribution is -2.34. The maximum Gasteiger partial charge on any atom is 0.259 e. The summed E-state index contributed by atoms with van der Waals surface area (Å²) in [4.78, 5) is 23.9. The first-order chi connectivity index (χ1) is 12.7. The fourth-order valence-electron chi connectivity index (χ4n) is 2.29. The van der Waals surface area contributed by atoms with Crippen molar-refractivity contribution in [3.05, 3.63) is 53.6 Å². The molecule has 2 aromatic rings. The van der Waals surface area contributed by atoms with E-state index in [1.807, 2.05) is 12.1 Å². The standard InChI is InChI=1S/C18H17N3O5/c1-24-14-5-3-2-4-13(14)9-20-21-17(22)10-19-18(23)12-6-7-15-16(8-12)26-11-25-15/h2-9H,10-11H2,1H3,(H,19,23)(H,21,22)/b20-9-. The fourth-order valence-corrected chi connectivity index (χ4v) is 2.29. The molecule has 0 saturated heterocycles. The molecule has 2 N–H and O–H groups in total. The zero-order valence-corrected chi connectivity index (χ0v) is 14.0. The number of amides is 2. The SMILES string of the molecule is COc1ccccc1/C=N\NC(=O)CNC(=O)c1ccc2c(c1)OCO2. The Morgan fingerprint density at radius 3 is 2.85 bits per heavy atom. The molecule has 1 aliphatic rings. The Hall–Kier alpha value is -3.55. The van der Waals surface area contributed by atoms with Crippen LogP contribution in [0.5, 0.6) is 17.2 Å². The monoisotopic (exact) mass is 355 g/mol. The van der Waals surface area contributed by atoms with Crippen molar-refractivity contribution in [3.8, 4) is 17.2 Å². The van der Waals surface area contributed by atoms with E-state index in [0.717, 1.165) is 5.56 Å². The van der Waals surface area contributed by atoms with Gasteiger partial charge in [0.2, 0.25) is 6.79 Å². The number of carbonyl (C=O) groups excluding carboxylic acids is 2. The van der Waals surface area contributed by atoms with Crippen LogP contribution in [0.3, 0.4) is 0 Å². The second-order valence-corrected chi connectivity index (χ2v) is 5.29. The van der Waals surface area contributed by atoms with Crippen LogP contribution >= 0.6 is 0 Å². The van der Waals surface area contributed by atoms with Gasteiger partial charge in [-0.15, -0.1) is 0 Å². The van der Waals surface area contributed by atoms with Crippen molar-refractivity contribution in [2.75, 3.05) is 20.4 Å². The number of methoxy groups -OCH3 is 1. The van der Waals surface area contributed by atoms with E-state index in [2.05, 4.69) is 15.8 Å². The Morgan fingerprint density at radius 1 is 1.19 bits per heavy atom. The summed E-state index contributed by atoms with van der Waals surface area (Å²) in [5.41, 5.74) is 3.44. The summed E-state index contributed by atoms with van der Waals surface area (Å²) in [5, 5.41) is 6.37. The lowest BCUT2D eigenvalue weighted by molar-refractivity contribution is -0.120. The Morgan fingerprint density at radius 2 is 2.00 bits per heavy atom. The summed E-state index contributed by atoms with van der Waals surface area (Å²) in [6, 6.07) is 12.1. The Balaban J connectivity index is 1.49. The molecule has 0 fully saturated rings. The van der Waals surface area contributed by atoms with Crippen LogP contribution < -0.4 is 25.0 Å². The van der Waals surface area contributed by atoms with Gasteiger partial charge in [0.15, 0.2) is 11.5 Å². The molecule has 2 aromatic carbocycles. The van der Waals surface area contributed by atoms with E-state index in [9.17, 15) is 9.59 Å². The molecule has 0 atom stereocenters. The van der Waals surface area contributed by atoms with Gasteiger partial charge in [0.25, 0.3) is 11.8 Å². The third kappa shape index (κ3) is 4.10. The normalized spacial score (nSPS) is 12.0. The number of hydrazone groups is 1. The molecule has 0 saturated carbocycles. The minimum Gasteiger partial charge on any atom is -0.496 e. The van der Waals surface area contributed by atoms with Crippen LogP contribution in [0.1, 0.15) is 15.9 Å². The molecule has 2 amide bonds. The van der Waals surface area contributed by atoms with Gasteiger partial charge >= 0.3 is 0 Å². The second kappa shape index (κ2) is 8.02. The highest BCUT2D eigenvalue weighted by Gasteiger charge is 2.16. The first kappa shape index (κ1) is 17.3. The van der Waals surface area contributed by atoms with Crippen LogP contribution in [0.25, 0.3) is 0 Å². The minimum absolute atomic E-state index is 0.132. The molecular weight excluding hydrogens is 338 g/mol. The molecule has 134 valence electrons. The highest BCUT2D eigenvalue weighted by atomic mass is 16.7. The average molecular weight is 355 g/mol. The van der Waals surface area contributed by atoms with Crippen molar-refractivity contribution in [3.63, 3.8) is 0 Å². The summed E-state index contributed by atoms with van der Waals surface area (Å²) in [6.07, 6.45) is 1.47. The molecule has 0 bridgehead atoms. The Labute approximate surface area is 149 Å². The molecule has 0 unspecified atom stereocenters. The van der Waals surface area contributed by atoms with E-state index in [-0.39, 0.29) is 13.3 Å². The molecular formula is C18H17N3O5. The number of hydrogen-bond donors (Lipinski definition) is 2. The lowest BCUT2D eigenvalue weighted by atomic mass is 10.2. The first-order valence-corrected chi connectivity index (χ1v) is 7.80. The summed E-state index contributed by atoms with van der Waals surface area (Å²) in [5.74, 6) is 0.882. The summed E-state index contributed by atoms with van der Waals surface area (Å²) < 4.78 is 15.6. The zero-order valence-electron chi connectivity index (χ0n) is 14.0. The number of hydrogen-bond acceptors (Lipinski definition) is 6. The maximum absolute atomic E-state index is 12.1. The predicted octanol–water partition coefficient (Wildman–Crippen LogP) is 1.30. The van der Waals surface area contributed by atoms with Gasteiger partial charge in [-0.3, -0.25) is 9.59 Å². The molecule has 3 rings (SSSR count). The number of nitrogens with zero attached hydrogens (tertiary/aromatic N) is 1.